The van der Waals surface area contributed by atoms with E-state index in [-0.39, 0.29) is 17.5 Å². The Hall–Kier alpha value is -2.08. The van der Waals surface area contributed by atoms with Gasteiger partial charge < -0.3 is 20.2 Å². The molecule has 0 bridgehead atoms. The van der Waals surface area contributed by atoms with Crippen molar-refractivity contribution < 1.29 is 14.7 Å². The number of hydrogen-bond donors (Lipinski definition) is 2. The van der Waals surface area contributed by atoms with Gasteiger partial charge in [0.25, 0.3) is 5.91 Å². The van der Waals surface area contributed by atoms with Gasteiger partial charge in [0.2, 0.25) is 0 Å². The van der Waals surface area contributed by atoms with E-state index in [2.05, 4.69) is 10.2 Å². The Bertz CT molecular complexity index is 573. The van der Waals surface area contributed by atoms with Gasteiger partial charge in [-0.15, -0.1) is 0 Å². The molecule has 1 amide bonds. The minimum atomic E-state index is -0.973. The number of carbonyl (C=O) groups is 2. The molecule has 0 spiro atoms. The minimum Gasteiger partial charge on any atom is -0.478 e. The lowest BCUT2D eigenvalue weighted by atomic mass is 10.0. The van der Waals surface area contributed by atoms with Crippen LogP contribution in [0.2, 0.25) is 0 Å². The first-order valence-corrected chi connectivity index (χ1v) is 6.79. The van der Waals surface area contributed by atoms with Crippen molar-refractivity contribution in [3.63, 3.8) is 0 Å². The van der Waals surface area contributed by atoms with E-state index < -0.39 is 5.97 Å². The summed E-state index contributed by atoms with van der Waals surface area (Å²) in [7, 11) is 0. The topological polar surface area (TPSA) is 72.9 Å². The van der Waals surface area contributed by atoms with E-state index in [1.165, 1.54) is 0 Å². The summed E-state index contributed by atoms with van der Waals surface area (Å²) in [5.41, 5.74) is 1.86. The molecule has 1 atom stereocenters. The Morgan fingerprint density at radius 2 is 2.25 bits per heavy atom. The summed E-state index contributed by atoms with van der Waals surface area (Å²) in [6, 6.07) is 4.82. The lowest BCUT2D eigenvalue weighted by Crippen LogP contribution is -2.61. The highest BCUT2D eigenvalue weighted by atomic mass is 16.4. The second kappa shape index (κ2) is 4.79. The Morgan fingerprint density at radius 1 is 1.45 bits per heavy atom. The fourth-order valence-electron chi connectivity index (χ4n) is 2.95. The molecule has 106 valence electrons. The van der Waals surface area contributed by atoms with Crippen molar-refractivity contribution in [2.75, 3.05) is 36.0 Å². The van der Waals surface area contributed by atoms with Gasteiger partial charge in [-0.2, -0.15) is 0 Å². The quantitative estimate of drug-likeness (QED) is 0.823. The third-order valence-electron chi connectivity index (χ3n) is 3.93. The summed E-state index contributed by atoms with van der Waals surface area (Å²) in [6.45, 7) is 4.67. The number of benzene rings is 1. The van der Waals surface area contributed by atoms with Crippen molar-refractivity contribution in [1.29, 1.82) is 0 Å². The van der Waals surface area contributed by atoms with Gasteiger partial charge in [-0.3, -0.25) is 4.79 Å². The molecule has 2 aliphatic rings. The van der Waals surface area contributed by atoms with Crippen LogP contribution in [0.15, 0.2) is 18.2 Å². The van der Waals surface area contributed by atoms with Crippen LogP contribution in [0.25, 0.3) is 0 Å². The third kappa shape index (κ3) is 1.84. The summed E-state index contributed by atoms with van der Waals surface area (Å²) in [5.74, 6) is -0.937. The van der Waals surface area contributed by atoms with Crippen LogP contribution < -0.4 is 15.1 Å². The maximum absolute atomic E-state index is 12.5. The number of hydrogen-bond acceptors (Lipinski definition) is 4. The van der Waals surface area contributed by atoms with Crippen molar-refractivity contribution in [1.82, 2.24) is 5.32 Å². The van der Waals surface area contributed by atoms with E-state index in [9.17, 15) is 9.59 Å². The number of fused-ring (bicyclic) bond motifs is 3. The van der Waals surface area contributed by atoms with Crippen molar-refractivity contribution >= 4 is 23.3 Å². The molecule has 6 heteroatoms. The number of aromatic carboxylic acids is 1. The van der Waals surface area contributed by atoms with Gasteiger partial charge in [-0.25, -0.2) is 4.79 Å². The first kappa shape index (κ1) is 12.9. The van der Waals surface area contributed by atoms with Gasteiger partial charge in [0, 0.05) is 26.2 Å². The van der Waals surface area contributed by atoms with Crippen LogP contribution in [-0.4, -0.2) is 49.2 Å². The summed E-state index contributed by atoms with van der Waals surface area (Å²) in [5, 5.41) is 12.4. The van der Waals surface area contributed by atoms with Crippen LogP contribution in [0.5, 0.6) is 0 Å². The van der Waals surface area contributed by atoms with E-state index in [0.29, 0.717) is 18.8 Å². The molecule has 20 heavy (non-hydrogen) atoms. The zero-order chi connectivity index (χ0) is 14.3. The maximum atomic E-state index is 12.5. The van der Waals surface area contributed by atoms with Crippen LogP contribution in [0.1, 0.15) is 17.3 Å². The molecule has 1 aromatic carbocycles. The zero-order valence-corrected chi connectivity index (χ0v) is 11.3. The number of carbonyl (C=O) groups excluding carboxylic acids is 1. The predicted octanol–water partition coefficient (Wildman–Crippen LogP) is 0.530. The van der Waals surface area contributed by atoms with E-state index >= 15 is 0 Å². The second-order valence-electron chi connectivity index (χ2n) is 5.00. The number of rotatable bonds is 2. The summed E-state index contributed by atoms with van der Waals surface area (Å²) in [6.07, 6.45) is 0. The molecular formula is C14H17N3O3. The van der Waals surface area contributed by atoms with Gasteiger partial charge in [0.1, 0.15) is 6.04 Å². The highest BCUT2D eigenvalue weighted by Crippen LogP contribution is 2.37. The van der Waals surface area contributed by atoms with Gasteiger partial charge >= 0.3 is 5.97 Å². The number of likely N-dealkylation sites (N-methyl/N-ethyl adjacent to an activating group) is 1. The number of nitrogens with one attached hydrogen (secondary N) is 1. The Morgan fingerprint density at radius 3 is 2.95 bits per heavy atom. The maximum Gasteiger partial charge on any atom is 0.335 e. The van der Waals surface area contributed by atoms with Crippen molar-refractivity contribution in [3.05, 3.63) is 23.8 Å². The molecule has 1 saturated heterocycles. The number of piperazine rings is 1. The first-order valence-electron chi connectivity index (χ1n) is 6.79. The number of carboxylic acids is 1. The summed E-state index contributed by atoms with van der Waals surface area (Å²) >= 11 is 0. The van der Waals surface area contributed by atoms with E-state index in [0.717, 1.165) is 18.8 Å². The van der Waals surface area contributed by atoms with Crippen LogP contribution in [-0.2, 0) is 4.79 Å². The molecule has 0 saturated carbocycles. The second-order valence-corrected chi connectivity index (χ2v) is 5.00. The summed E-state index contributed by atoms with van der Waals surface area (Å²) in [4.78, 5) is 27.4. The predicted molar refractivity (Wildman–Crippen MR) is 75.4 cm³/mol. The Balaban J connectivity index is 2.12. The molecule has 2 aliphatic heterocycles. The van der Waals surface area contributed by atoms with E-state index in [4.69, 9.17) is 5.11 Å². The monoisotopic (exact) mass is 275 g/mol. The number of nitrogens with zero attached hydrogens (tertiary/aromatic N) is 2. The van der Waals surface area contributed by atoms with Gasteiger partial charge in [0.15, 0.2) is 0 Å². The molecular weight excluding hydrogens is 258 g/mol. The lowest BCUT2D eigenvalue weighted by molar-refractivity contribution is -0.120. The van der Waals surface area contributed by atoms with Crippen LogP contribution in [0, 0.1) is 0 Å². The number of anilines is 2. The van der Waals surface area contributed by atoms with Gasteiger partial charge in [0.05, 0.1) is 16.9 Å². The Labute approximate surface area is 117 Å². The largest absolute Gasteiger partial charge is 0.478 e. The average molecular weight is 275 g/mol. The molecule has 2 N–H and O–H groups in total. The Kier molecular flexibility index (Phi) is 3.10. The minimum absolute atomic E-state index is 0.0368. The van der Waals surface area contributed by atoms with Crippen LogP contribution in [0.3, 0.4) is 0 Å². The summed E-state index contributed by atoms with van der Waals surface area (Å²) < 4.78 is 0. The normalized spacial score (nSPS) is 21.4. The number of carboxylic acid groups (broad SMARTS) is 1. The SMILES string of the molecule is CCN1C(=O)C2CNCCN2c2ccc(C(=O)O)cc21. The van der Waals surface area contributed by atoms with Crippen LogP contribution >= 0.6 is 0 Å². The van der Waals surface area contributed by atoms with Crippen molar-refractivity contribution in [2.24, 2.45) is 0 Å². The van der Waals surface area contributed by atoms with Crippen LogP contribution in [0.4, 0.5) is 11.4 Å². The molecule has 0 aromatic heterocycles. The fourth-order valence-corrected chi connectivity index (χ4v) is 2.95. The number of amides is 1. The molecule has 6 nitrogen and oxygen atoms in total. The zero-order valence-electron chi connectivity index (χ0n) is 11.3. The standard InChI is InChI=1S/C14H17N3O3/c1-2-16-11-7-9(14(19)20)3-4-10(11)17-6-5-15-8-12(17)13(16)18/h3-4,7,12,15H,2,5-6,8H2,1H3,(H,19,20). The highest BCUT2D eigenvalue weighted by molar-refractivity contribution is 6.07. The first-order chi connectivity index (χ1) is 9.63. The van der Waals surface area contributed by atoms with Crippen molar-refractivity contribution in [3.8, 4) is 0 Å². The fraction of sp³-hybridized carbons (Fsp3) is 0.429. The molecule has 0 aliphatic carbocycles. The molecule has 3 rings (SSSR count). The van der Waals surface area contributed by atoms with E-state index in [1.54, 1.807) is 17.0 Å². The molecule has 0 radical (unpaired) electrons. The van der Waals surface area contributed by atoms with E-state index in [1.807, 2.05) is 13.0 Å². The average Bonchev–Trinajstić information content (AvgIpc) is 2.47. The van der Waals surface area contributed by atoms with Crippen molar-refractivity contribution in [2.45, 2.75) is 13.0 Å². The third-order valence-corrected chi connectivity index (χ3v) is 3.93. The molecule has 2 heterocycles. The molecule has 1 fully saturated rings. The van der Waals surface area contributed by atoms with Gasteiger partial charge in [-0.05, 0) is 25.1 Å². The van der Waals surface area contributed by atoms with Gasteiger partial charge in [-0.1, -0.05) is 0 Å². The highest BCUT2D eigenvalue weighted by Gasteiger charge is 2.38. The molecule has 1 aromatic rings. The lowest BCUT2D eigenvalue weighted by Gasteiger charge is -2.45. The smallest absolute Gasteiger partial charge is 0.335 e. The molecule has 1 unspecified atom stereocenters.